The first-order valence-corrected chi connectivity index (χ1v) is 7.20. The molecule has 3 aromatic rings. The van der Waals surface area contributed by atoms with E-state index in [1.807, 2.05) is 0 Å². The summed E-state index contributed by atoms with van der Waals surface area (Å²) in [5.41, 5.74) is 2.44. The number of nitrogens with zero attached hydrogens (tertiary/aromatic N) is 2. The van der Waals surface area contributed by atoms with Crippen molar-refractivity contribution >= 4 is 11.7 Å². The van der Waals surface area contributed by atoms with Crippen molar-refractivity contribution in [2.75, 3.05) is 5.32 Å². The molecule has 0 aliphatic heterocycles. The predicted molar refractivity (Wildman–Crippen MR) is 83.8 cm³/mol. The molecule has 5 nitrogen and oxygen atoms in total. The number of nitrogens with one attached hydrogen (secondary N) is 1. The maximum absolute atomic E-state index is 12.0. The van der Waals surface area contributed by atoms with E-state index in [1.54, 1.807) is 29.1 Å². The minimum Gasteiger partial charge on any atom is -0.459 e. The van der Waals surface area contributed by atoms with E-state index in [0.29, 0.717) is 12.4 Å². The molecular formula is C17H17N3O2. The van der Waals surface area contributed by atoms with Crippen LogP contribution in [0.15, 0.2) is 59.3 Å². The Hall–Kier alpha value is -2.82. The second-order valence-corrected chi connectivity index (χ2v) is 4.98. The molecule has 22 heavy (non-hydrogen) atoms. The highest BCUT2D eigenvalue weighted by Gasteiger charge is 2.11. The largest absolute Gasteiger partial charge is 0.459 e. The van der Waals surface area contributed by atoms with Gasteiger partial charge in [0.25, 0.3) is 5.91 Å². The summed E-state index contributed by atoms with van der Waals surface area (Å²) < 4.78 is 6.84. The molecule has 0 saturated carbocycles. The van der Waals surface area contributed by atoms with Gasteiger partial charge in [-0.1, -0.05) is 31.2 Å². The fraction of sp³-hybridized carbons (Fsp3) is 0.176. The van der Waals surface area contributed by atoms with Gasteiger partial charge in [-0.3, -0.25) is 4.79 Å². The number of amides is 1. The lowest BCUT2D eigenvalue weighted by Gasteiger charge is -2.08. The van der Waals surface area contributed by atoms with E-state index in [4.69, 9.17) is 4.42 Å². The van der Waals surface area contributed by atoms with Gasteiger partial charge in [-0.25, -0.2) is 4.68 Å². The van der Waals surface area contributed by atoms with Gasteiger partial charge in [-0.2, -0.15) is 5.10 Å². The average Bonchev–Trinajstić information content (AvgIpc) is 3.20. The normalized spacial score (nSPS) is 10.6. The SMILES string of the molecule is CCc1ccc(Cn2nccc2NC(=O)c2ccco2)cc1. The van der Waals surface area contributed by atoms with Crippen molar-refractivity contribution in [3.8, 4) is 0 Å². The highest BCUT2D eigenvalue weighted by Crippen LogP contribution is 2.13. The Balaban J connectivity index is 1.72. The van der Waals surface area contributed by atoms with E-state index in [9.17, 15) is 4.79 Å². The molecule has 0 aliphatic rings. The van der Waals surface area contributed by atoms with Crippen LogP contribution in [0, 0.1) is 0 Å². The van der Waals surface area contributed by atoms with E-state index in [1.165, 1.54) is 11.8 Å². The van der Waals surface area contributed by atoms with Gasteiger partial charge in [0, 0.05) is 6.07 Å². The zero-order valence-electron chi connectivity index (χ0n) is 12.3. The Morgan fingerprint density at radius 1 is 1.18 bits per heavy atom. The van der Waals surface area contributed by atoms with Crippen molar-refractivity contribution in [2.24, 2.45) is 0 Å². The topological polar surface area (TPSA) is 60.1 Å². The molecule has 0 saturated heterocycles. The van der Waals surface area contributed by atoms with Crippen LogP contribution >= 0.6 is 0 Å². The number of rotatable bonds is 5. The van der Waals surface area contributed by atoms with E-state index in [2.05, 4.69) is 41.6 Å². The lowest BCUT2D eigenvalue weighted by atomic mass is 10.1. The minimum absolute atomic E-state index is 0.278. The second-order valence-electron chi connectivity index (χ2n) is 4.98. The molecule has 1 amide bonds. The summed E-state index contributed by atoms with van der Waals surface area (Å²) in [5.74, 6) is 0.633. The lowest BCUT2D eigenvalue weighted by Crippen LogP contribution is -2.15. The van der Waals surface area contributed by atoms with Gasteiger partial charge in [0.15, 0.2) is 5.76 Å². The molecule has 3 rings (SSSR count). The third kappa shape index (κ3) is 3.09. The van der Waals surface area contributed by atoms with Crippen LogP contribution in [0.25, 0.3) is 0 Å². The zero-order valence-corrected chi connectivity index (χ0v) is 12.3. The molecule has 1 aromatic carbocycles. The minimum atomic E-state index is -0.284. The first kappa shape index (κ1) is 14.1. The number of hydrogen-bond donors (Lipinski definition) is 1. The van der Waals surface area contributed by atoms with Gasteiger partial charge in [0.05, 0.1) is 19.0 Å². The summed E-state index contributed by atoms with van der Waals surface area (Å²) in [6, 6.07) is 13.5. The second kappa shape index (κ2) is 6.30. The maximum atomic E-state index is 12.0. The van der Waals surface area contributed by atoms with Crippen LogP contribution in [0.5, 0.6) is 0 Å². The van der Waals surface area contributed by atoms with Gasteiger partial charge in [-0.15, -0.1) is 0 Å². The van der Waals surface area contributed by atoms with E-state index in [-0.39, 0.29) is 11.7 Å². The van der Waals surface area contributed by atoms with Gasteiger partial charge in [0.1, 0.15) is 5.82 Å². The monoisotopic (exact) mass is 295 g/mol. The molecule has 0 bridgehead atoms. The van der Waals surface area contributed by atoms with Gasteiger partial charge in [-0.05, 0) is 29.7 Å². The number of carbonyl (C=O) groups is 1. The summed E-state index contributed by atoms with van der Waals surface area (Å²) in [7, 11) is 0. The molecular weight excluding hydrogens is 278 g/mol. The molecule has 0 radical (unpaired) electrons. The van der Waals surface area contributed by atoms with Crippen LogP contribution in [-0.4, -0.2) is 15.7 Å². The highest BCUT2D eigenvalue weighted by molar-refractivity contribution is 6.01. The first-order valence-electron chi connectivity index (χ1n) is 7.20. The highest BCUT2D eigenvalue weighted by atomic mass is 16.3. The fourth-order valence-electron chi connectivity index (χ4n) is 2.20. The Morgan fingerprint density at radius 2 is 1.95 bits per heavy atom. The third-order valence-electron chi connectivity index (χ3n) is 3.47. The molecule has 0 fully saturated rings. The number of hydrogen-bond acceptors (Lipinski definition) is 3. The standard InChI is InChI=1S/C17H17N3O2/c1-2-13-5-7-14(8-6-13)12-20-16(9-10-18-20)19-17(21)15-4-3-11-22-15/h3-11H,2,12H2,1H3,(H,19,21). The molecule has 5 heteroatoms. The van der Waals surface area contributed by atoms with Crippen molar-refractivity contribution in [3.05, 3.63) is 71.8 Å². The Kier molecular flexibility index (Phi) is 4.05. The average molecular weight is 295 g/mol. The maximum Gasteiger partial charge on any atom is 0.292 e. The van der Waals surface area contributed by atoms with E-state index >= 15 is 0 Å². The number of aromatic nitrogens is 2. The molecule has 0 atom stereocenters. The Bertz CT molecular complexity index is 743. The third-order valence-corrected chi connectivity index (χ3v) is 3.47. The number of benzene rings is 1. The van der Waals surface area contributed by atoms with Crippen molar-refractivity contribution in [1.29, 1.82) is 0 Å². The van der Waals surface area contributed by atoms with Crippen molar-refractivity contribution in [1.82, 2.24) is 9.78 Å². The molecule has 0 spiro atoms. The summed E-state index contributed by atoms with van der Waals surface area (Å²) >= 11 is 0. The molecule has 2 heterocycles. The summed E-state index contributed by atoms with van der Waals surface area (Å²) in [6.07, 6.45) is 4.16. The number of carbonyl (C=O) groups excluding carboxylic acids is 1. The molecule has 0 aliphatic carbocycles. The van der Waals surface area contributed by atoms with Gasteiger partial charge >= 0.3 is 0 Å². The number of anilines is 1. The van der Waals surface area contributed by atoms with Crippen LogP contribution in [0.3, 0.4) is 0 Å². The number of furan rings is 1. The molecule has 1 N–H and O–H groups in total. The summed E-state index contributed by atoms with van der Waals surface area (Å²) in [5, 5.41) is 7.06. The van der Waals surface area contributed by atoms with E-state index in [0.717, 1.165) is 12.0 Å². The first-order chi connectivity index (χ1) is 10.8. The molecule has 112 valence electrons. The van der Waals surface area contributed by atoms with Crippen LogP contribution in [0.4, 0.5) is 5.82 Å². The predicted octanol–water partition coefficient (Wildman–Crippen LogP) is 3.34. The van der Waals surface area contributed by atoms with Crippen molar-refractivity contribution in [3.63, 3.8) is 0 Å². The van der Waals surface area contributed by atoms with Crippen molar-refractivity contribution in [2.45, 2.75) is 19.9 Å². The Morgan fingerprint density at radius 3 is 2.64 bits per heavy atom. The summed E-state index contributed by atoms with van der Waals surface area (Å²) in [6.45, 7) is 2.73. The molecule has 2 aromatic heterocycles. The quantitative estimate of drug-likeness (QED) is 0.785. The summed E-state index contributed by atoms with van der Waals surface area (Å²) in [4.78, 5) is 12.0. The van der Waals surface area contributed by atoms with Crippen LogP contribution in [-0.2, 0) is 13.0 Å². The van der Waals surface area contributed by atoms with Crippen LogP contribution in [0.2, 0.25) is 0 Å². The molecule has 0 unspecified atom stereocenters. The lowest BCUT2D eigenvalue weighted by molar-refractivity contribution is 0.0995. The van der Waals surface area contributed by atoms with Crippen LogP contribution < -0.4 is 5.32 Å². The number of aryl methyl sites for hydroxylation is 1. The smallest absolute Gasteiger partial charge is 0.292 e. The van der Waals surface area contributed by atoms with Gasteiger partial charge in [0.2, 0.25) is 0 Å². The van der Waals surface area contributed by atoms with Gasteiger partial charge < -0.3 is 9.73 Å². The van der Waals surface area contributed by atoms with Crippen LogP contribution in [0.1, 0.15) is 28.6 Å². The fourth-order valence-corrected chi connectivity index (χ4v) is 2.20. The Labute approximate surface area is 128 Å². The van der Waals surface area contributed by atoms with Crippen molar-refractivity contribution < 1.29 is 9.21 Å². The van der Waals surface area contributed by atoms with E-state index < -0.39 is 0 Å². The zero-order chi connectivity index (χ0) is 15.4.